The molecule has 1 aliphatic carbocycles. The first-order chi connectivity index (χ1) is 7.47. The molecule has 5 nitrogen and oxygen atoms in total. The third-order valence-corrected chi connectivity index (χ3v) is 3.14. The first kappa shape index (κ1) is 13.0. The summed E-state index contributed by atoms with van der Waals surface area (Å²) in [6.07, 6.45) is 6.71. The first-order valence-electron chi connectivity index (χ1n) is 4.86. The quantitative estimate of drug-likeness (QED) is 0.735. The van der Waals surface area contributed by atoms with Crippen LogP contribution in [-0.4, -0.2) is 19.7 Å². The molecule has 1 rings (SSSR count). The predicted molar refractivity (Wildman–Crippen MR) is 60.0 cm³/mol. The lowest BCUT2D eigenvalue weighted by Crippen LogP contribution is -2.23. The monoisotopic (exact) mass is 245 g/mol. The highest BCUT2D eigenvalue weighted by Crippen LogP contribution is 2.21. The fourth-order valence-electron chi connectivity index (χ4n) is 1.25. The van der Waals surface area contributed by atoms with E-state index in [-0.39, 0.29) is 23.2 Å². The molecule has 0 atom stereocenters. The highest BCUT2D eigenvalue weighted by atomic mass is 32.2. The van der Waals surface area contributed by atoms with E-state index >= 15 is 0 Å². The zero-order valence-corrected chi connectivity index (χ0v) is 9.99. The van der Waals surface area contributed by atoms with Crippen LogP contribution in [0, 0.1) is 0 Å². The second kappa shape index (κ2) is 5.29. The van der Waals surface area contributed by atoms with Gasteiger partial charge < -0.3 is 9.94 Å². The molecular weight excluding hydrogens is 230 g/mol. The number of sulfonamides is 1. The van der Waals surface area contributed by atoms with Gasteiger partial charge in [0.1, 0.15) is 10.7 Å². The minimum atomic E-state index is -3.88. The Bertz CT molecular complexity index is 432. The molecule has 0 heterocycles. The largest absolute Gasteiger partial charge is 0.490 e. The molecule has 0 unspecified atom stereocenters. The zero-order valence-electron chi connectivity index (χ0n) is 9.17. The van der Waals surface area contributed by atoms with Crippen LogP contribution >= 0.6 is 0 Å². The van der Waals surface area contributed by atoms with E-state index in [9.17, 15) is 8.42 Å². The van der Waals surface area contributed by atoms with Gasteiger partial charge in [-0.15, -0.1) is 0 Å². The van der Waals surface area contributed by atoms with E-state index in [2.05, 4.69) is 0 Å². The van der Waals surface area contributed by atoms with Crippen LogP contribution in [0.5, 0.6) is 0 Å². The summed E-state index contributed by atoms with van der Waals surface area (Å²) in [5.41, 5.74) is 0. The number of hydrogen-bond acceptors (Lipinski definition) is 4. The number of allylic oxidation sites excluding steroid dienone is 5. The van der Waals surface area contributed by atoms with Gasteiger partial charge in [0.15, 0.2) is 0 Å². The van der Waals surface area contributed by atoms with Crippen molar-refractivity contribution in [3.8, 4) is 0 Å². The molecule has 0 spiro atoms. The van der Waals surface area contributed by atoms with Crippen molar-refractivity contribution >= 4 is 10.0 Å². The van der Waals surface area contributed by atoms with Crippen LogP contribution in [0.1, 0.15) is 20.3 Å². The molecule has 2 N–H and O–H groups in total. The van der Waals surface area contributed by atoms with Gasteiger partial charge in [-0.1, -0.05) is 23.1 Å². The van der Waals surface area contributed by atoms with Gasteiger partial charge in [-0.2, -0.15) is 0 Å². The smallest absolute Gasteiger partial charge is 0.262 e. The summed E-state index contributed by atoms with van der Waals surface area (Å²) in [5, 5.41) is 8.61. The number of ether oxygens (including phenoxy) is 1. The van der Waals surface area contributed by atoms with Crippen LogP contribution in [-0.2, 0) is 14.8 Å². The molecule has 16 heavy (non-hydrogen) atoms. The maximum absolute atomic E-state index is 11.5. The topological polar surface area (TPSA) is 75.6 Å². The highest BCUT2D eigenvalue weighted by Gasteiger charge is 2.21. The number of hydrogen-bond donors (Lipinski definition) is 2. The van der Waals surface area contributed by atoms with Crippen molar-refractivity contribution in [2.75, 3.05) is 0 Å². The Labute approximate surface area is 95.1 Å². The third kappa shape index (κ3) is 3.19. The van der Waals surface area contributed by atoms with E-state index in [4.69, 9.17) is 9.94 Å². The minimum Gasteiger partial charge on any atom is -0.490 e. The Hall–Kier alpha value is -1.11. The van der Waals surface area contributed by atoms with E-state index < -0.39 is 10.0 Å². The Morgan fingerprint density at radius 1 is 1.44 bits per heavy atom. The van der Waals surface area contributed by atoms with Gasteiger partial charge in [0.05, 0.1) is 6.10 Å². The van der Waals surface area contributed by atoms with Gasteiger partial charge >= 0.3 is 0 Å². The van der Waals surface area contributed by atoms with Gasteiger partial charge in [0.2, 0.25) is 0 Å². The van der Waals surface area contributed by atoms with Crippen LogP contribution in [0.2, 0.25) is 0 Å². The molecule has 0 bridgehead atoms. The predicted octanol–water partition coefficient (Wildman–Crippen LogP) is 1.45. The number of nitrogens with one attached hydrogen (secondary N) is 1. The van der Waals surface area contributed by atoms with Gasteiger partial charge in [-0.05, 0) is 19.9 Å². The summed E-state index contributed by atoms with van der Waals surface area (Å²) >= 11 is 0. The molecule has 0 fully saturated rings. The van der Waals surface area contributed by atoms with Crippen LogP contribution in [0.15, 0.2) is 35.0 Å². The van der Waals surface area contributed by atoms with Crippen LogP contribution in [0.3, 0.4) is 0 Å². The average molecular weight is 245 g/mol. The molecule has 6 heteroatoms. The fourth-order valence-corrected chi connectivity index (χ4v) is 2.05. The molecule has 0 aromatic rings. The third-order valence-electron chi connectivity index (χ3n) is 1.88. The molecule has 1 aliphatic rings. The molecular formula is C10H15NO4S. The highest BCUT2D eigenvalue weighted by molar-refractivity contribution is 7.93. The van der Waals surface area contributed by atoms with Gasteiger partial charge in [0, 0.05) is 6.42 Å². The molecule has 0 aliphatic heterocycles. The summed E-state index contributed by atoms with van der Waals surface area (Å²) in [4.78, 5) is 1.33. The second-order valence-electron chi connectivity index (χ2n) is 3.54. The molecule has 0 saturated heterocycles. The van der Waals surface area contributed by atoms with Gasteiger partial charge in [-0.3, -0.25) is 0 Å². The molecule has 0 radical (unpaired) electrons. The molecule has 0 saturated carbocycles. The summed E-state index contributed by atoms with van der Waals surface area (Å²) in [7, 11) is -3.88. The summed E-state index contributed by atoms with van der Waals surface area (Å²) < 4.78 is 28.5. The summed E-state index contributed by atoms with van der Waals surface area (Å²) in [5.74, 6) is 0.251. The fraction of sp³-hybridized carbons (Fsp3) is 0.400. The lowest BCUT2D eigenvalue weighted by atomic mass is 10.3. The van der Waals surface area contributed by atoms with Crippen molar-refractivity contribution in [1.29, 1.82) is 0 Å². The van der Waals surface area contributed by atoms with Crippen LogP contribution in [0.25, 0.3) is 0 Å². The van der Waals surface area contributed by atoms with E-state index in [0.717, 1.165) is 0 Å². The van der Waals surface area contributed by atoms with Crippen molar-refractivity contribution in [3.05, 3.63) is 35.0 Å². The van der Waals surface area contributed by atoms with Crippen molar-refractivity contribution in [1.82, 2.24) is 4.89 Å². The van der Waals surface area contributed by atoms with Gasteiger partial charge in [-0.25, -0.2) is 8.42 Å². The standard InChI is InChI=1S/C10H15NO4S/c1-8(2)15-9-6-4-3-5-7-10(9)16(13,14)11-12/h3-6,8,11-12H,7H2,1-2H3. The van der Waals surface area contributed by atoms with Gasteiger partial charge in [0.25, 0.3) is 10.0 Å². The van der Waals surface area contributed by atoms with Crippen molar-refractivity contribution in [2.24, 2.45) is 0 Å². The van der Waals surface area contributed by atoms with Crippen molar-refractivity contribution < 1.29 is 18.4 Å². The Kier molecular flexibility index (Phi) is 4.28. The molecule has 0 amide bonds. The van der Waals surface area contributed by atoms with Crippen LogP contribution < -0.4 is 4.89 Å². The molecule has 0 aromatic heterocycles. The zero-order chi connectivity index (χ0) is 12.2. The normalized spacial score (nSPS) is 16.8. The Morgan fingerprint density at radius 2 is 2.12 bits per heavy atom. The maximum atomic E-state index is 11.5. The lowest BCUT2D eigenvalue weighted by Gasteiger charge is -2.14. The Morgan fingerprint density at radius 3 is 2.69 bits per heavy atom. The minimum absolute atomic E-state index is 0.0219. The molecule has 0 aromatic carbocycles. The van der Waals surface area contributed by atoms with Crippen LogP contribution in [0.4, 0.5) is 0 Å². The van der Waals surface area contributed by atoms with Crippen molar-refractivity contribution in [3.63, 3.8) is 0 Å². The Balaban J connectivity index is 3.18. The lowest BCUT2D eigenvalue weighted by molar-refractivity contribution is 0.156. The van der Waals surface area contributed by atoms with E-state index in [1.165, 1.54) is 4.89 Å². The maximum Gasteiger partial charge on any atom is 0.262 e. The van der Waals surface area contributed by atoms with Crippen molar-refractivity contribution in [2.45, 2.75) is 26.4 Å². The summed E-state index contributed by atoms with van der Waals surface area (Å²) in [6.45, 7) is 3.60. The second-order valence-corrected chi connectivity index (χ2v) is 5.22. The van der Waals surface area contributed by atoms with E-state index in [0.29, 0.717) is 0 Å². The first-order valence-corrected chi connectivity index (χ1v) is 6.34. The van der Waals surface area contributed by atoms with E-state index in [1.54, 1.807) is 38.2 Å². The molecule has 90 valence electrons. The average Bonchev–Trinajstić information content (AvgIpc) is 2.43. The summed E-state index contributed by atoms with van der Waals surface area (Å²) in [6, 6.07) is 0. The number of rotatable bonds is 4. The van der Waals surface area contributed by atoms with E-state index in [1.807, 2.05) is 0 Å². The SMILES string of the molecule is CC(C)OC1=C(S(=O)(=O)NO)CC=CC=C1.